The third-order valence-corrected chi connectivity index (χ3v) is 7.39. The van der Waals surface area contributed by atoms with Gasteiger partial charge in [-0.15, -0.1) is 11.3 Å². The second-order valence-electron chi connectivity index (χ2n) is 7.56. The lowest BCUT2D eigenvalue weighted by Crippen LogP contribution is -2.22. The van der Waals surface area contributed by atoms with Gasteiger partial charge in [0.2, 0.25) is 0 Å². The number of hydrogen-bond donors (Lipinski definition) is 0. The molecule has 0 saturated heterocycles. The number of aryl methyl sites for hydroxylation is 1. The highest BCUT2D eigenvalue weighted by molar-refractivity contribution is 7.99. The van der Waals surface area contributed by atoms with Crippen molar-refractivity contribution in [2.75, 3.05) is 5.75 Å². The van der Waals surface area contributed by atoms with Crippen LogP contribution in [0.15, 0.2) is 40.3 Å². The molecule has 3 aromatic rings. The summed E-state index contributed by atoms with van der Waals surface area (Å²) in [6, 6.07) is 9.75. The Labute approximate surface area is 173 Å². The number of para-hydroxylation sites is 1. The molecule has 0 N–H and O–H groups in total. The fourth-order valence-electron chi connectivity index (χ4n) is 3.76. The molecule has 1 unspecified atom stereocenters. The number of rotatable bonds is 6. The zero-order valence-corrected chi connectivity index (χ0v) is 17.9. The summed E-state index contributed by atoms with van der Waals surface area (Å²) < 4.78 is 1.76. The molecular formula is C22H24N2O2S2. The molecule has 1 aliphatic rings. The summed E-state index contributed by atoms with van der Waals surface area (Å²) in [5.41, 5.74) is 2.10. The van der Waals surface area contributed by atoms with E-state index in [9.17, 15) is 9.59 Å². The summed E-state index contributed by atoms with van der Waals surface area (Å²) in [5, 5.41) is 1.53. The summed E-state index contributed by atoms with van der Waals surface area (Å²) in [4.78, 5) is 31.9. The van der Waals surface area contributed by atoms with E-state index in [2.05, 4.69) is 6.92 Å². The van der Waals surface area contributed by atoms with Crippen molar-refractivity contribution in [3.8, 4) is 5.69 Å². The monoisotopic (exact) mass is 412 g/mol. The first-order valence-corrected chi connectivity index (χ1v) is 11.6. The SMILES string of the molecule is CC(=O)CCCSc1nc2sc3c(c2c(=O)n1-c1ccccc1)CCC(C)C3. The predicted molar refractivity (Wildman–Crippen MR) is 117 cm³/mol. The molecule has 0 radical (unpaired) electrons. The standard InChI is InChI=1S/C22H24N2O2S2/c1-14-10-11-17-18(13-14)28-20-19(17)21(26)24(16-8-4-3-5-9-16)22(23-20)27-12-6-7-15(2)25/h3-5,8-9,14H,6-7,10-13H2,1-2H3. The van der Waals surface area contributed by atoms with Gasteiger partial charge in [-0.1, -0.05) is 36.9 Å². The second-order valence-corrected chi connectivity index (χ2v) is 9.70. The minimum atomic E-state index is 0.0392. The molecule has 0 saturated carbocycles. The number of fused-ring (bicyclic) bond motifs is 3. The molecule has 0 bridgehead atoms. The number of carbonyl (C=O) groups is 1. The molecular weight excluding hydrogens is 388 g/mol. The highest BCUT2D eigenvalue weighted by Gasteiger charge is 2.25. The summed E-state index contributed by atoms with van der Waals surface area (Å²) in [7, 11) is 0. The van der Waals surface area contributed by atoms with E-state index < -0.39 is 0 Å². The van der Waals surface area contributed by atoms with Crippen LogP contribution in [-0.4, -0.2) is 21.1 Å². The van der Waals surface area contributed by atoms with E-state index in [1.807, 2.05) is 30.3 Å². The van der Waals surface area contributed by atoms with Gasteiger partial charge in [0.05, 0.1) is 11.1 Å². The maximum atomic E-state index is 13.6. The van der Waals surface area contributed by atoms with Crippen LogP contribution in [-0.2, 0) is 17.6 Å². The number of benzene rings is 1. The van der Waals surface area contributed by atoms with E-state index >= 15 is 0 Å². The molecule has 0 fully saturated rings. The van der Waals surface area contributed by atoms with Gasteiger partial charge in [-0.2, -0.15) is 0 Å². The number of aromatic nitrogens is 2. The Morgan fingerprint density at radius 1 is 1.32 bits per heavy atom. The minimum Gasteiger partial charge on any atom is -0.300 e. The third kappa shape index (κ3) is 3.80. The fourth-order valence-corrected chi connectivity index (χ4v) is 6.13. The Hall–Kier alpha value is -1.92. The van der Waals surface area contributed by atoms with Crippen LogP contribution < -0.4 is 5.56 Å². The van der Waals surface area contributed by atoms with Gasteiger partial charge >= 0.3 is 0 Å². The van der Waals surface area contributed by atoms with Crippen LogP contribution in [0.5, 0.6) is 0 Å². The molecule has 1 aromatic carbocycles. The number of thiophene rings is 1. The lowest BCUT2D eigenvalue weighted by atomic mass is 9.89. The number of carbonyl (C=O) groups excluding carboxylic acids is 1. The highest BCUT2D eigenvalue weighted by Crippen LogP contribution is 2.37. The number of Topliss-reactive ketones (excluding diaryl/α,β-unsaturated/α-hetero) is 1. The van der Waals surface area contributed by atoms with Crippen molar-refractivity contribution in [1.29, 1.82) is 0 Å². The summed E-state index contributed by atoms with van der Waals surface area (Å²) in [6.07, 6.45) is 4.50. The quantitative estimate of drug-likeness (QED) is 0.324. The van der Waals surface area contributed by atoms with Crippen molar-refractivity contribution < 1.29 is 4.79 Å². The zero-order valence-electron chi connectivity index (χ0n) is 16.2. The van der Waals surface area contributed by atoms with Crippen molar-refractivity contribution in [3.05, 3.63) is 51.1 Å². The van der Waals surface area contributed by atoms with Crippen molar-refractivity contribution in [2.24, 2.45) is 5.92 Å². The van der Waals surface area contributed by atoms with Crippen molar-refractivity contribution in [3.63, 3.8) is 0 Å². The molecule has 28 heavy (non-hydrogen) atoms. The summed E-state index contributed by atoms with van der Waals surface area (Å²) in [5.74, 6) is 1.63. The molecule has 4 rings (SSSR count). The second kappa shape index (κ2) is 8.21. The van der Waals surface area contributed by atoms with Crippen LogP contribution >= 0.6 is 23.1 Å². The molecule has 146 valence electrons. The Morgan fingerprint density at radius 2 is 2.11 bits per heavy atom. The van der Waals surface area contributed by atoms with Gasteiger partial charge in [-0.25, -0.2) is 4.98 Å². The summed E-state index contributed by atoms with van der Waals surface area (Å²) in [6.45, 7) is 3.89. The van der Waals surface area contributed by atoms with E-state index in [-0.39, 0.29) is 11.3 Å². The molecule has 1 aliphatic carbocycles. The fraction of sp³-hybridized carbons (Fsp3) is 0.409. The van der Waals surface area contributed by atoms with Crippen molar-refractivity contribution in [1.82, 2.24) is 9.55 Å². The first kappa shape index (κ1) is 19.4. The summed E-state index contributed by atoms with van der Waals surface area (Å²) >= 11 is 3.25. The average molecular weight is 413 g/mol. The van der Waals surface area contributed by atoms with E-state index in [0.717, 1.165) is 52.5 Å². The largest absolute Gasteiger partial charge is 0.300 e. The molecule has 2 aromatic heterocycles. The van der Waals surface area contributed by atoms with Crippen LogP contribution in [0.2, 0.25) is 0 Å². The Balaban J connectivity index is 1.82. The van der Waals surface area contributed by atoms with Crippen molar-refractivity contribution >= 4 is 39.1 Å². The topological polar surface area (TPSA) is 52.0 Å². The van der Waals surface area contributed by atoms with Gasteiger partial charge < -0.3 is 4.79 Å². The molecule has 0 aliphatic heterocycles. The normalized spacial score (nSPS) is 16.3. The molecule has 4 nitrogen and oxygen atoms in total. The van der Waals surface area contributed by atoms with Crippen LogP contribution in [0, 0.1) is 5.92 Å². The zero-order chi connectivity index (χ0) is 19.7. The highest BCUT2D eigenvalue weighted by atomic mass is 32.2. The van der Waals surface area contributed by atoms with Crippen molar-refractivity contribution in [2.45, 2.75) is 51.1 Å². The van der Waals surface area contributed by atoms with Crippen LogP contribution in [0.4, 0.5) is 0 Å². The number of hydrogen-bond acceptors (Lipinski definition) is 5. The van der Waals surface area contributed by atoms with Gasteiger partial charge in [-0.3, -0.25) is 9.36 Å². The van der Waals surface area contributed by atoms with E-state index in [0.29, 0.717) is 12.3 Å². The Bertz CT molecular complexity index is 1070. The van der Waals surface area contributed by atoms with Gasteiger partial charge in [0, 0.05) is 17.1 Å². The minimum absolute atomic E-state index is 0.0392. The predicted octanol–water partition coefficient (Wildman–Crippen LogP) is 5.03. The first-order valence-electron chi connectivity index (χ1n) is 9.79. The van der Waals surface area contributed by atoms with Gasteiger partial charge in [0.25, 0.3) is 5.56 Å². The van der Waals surface area contributed by atoms with Gasteiger partial charge in [0.1, 0.15) is 10.6 Å². The number of thioether (sulfide) groups is 1. The lowest BCUT2D eigenvalue weighted by molar-refractivity contribution is -0.117. The maximum absolute atomic E-state index is 13.6. The molecule has 0 amide bonds. The lowest BCUT2D eigenvalue weighted by Gasteiger charge is -2.17. The van der Waals surface area contributed by atoms with Crippen LogP contribution in [0.3, 0.4) is 0 Å². The number of ketones is 1. The van der Waals surface area contributed by atoms with E-state index in [1.54, 1.807) is 34.6 Å². The molecule has 0 spiro atoms. The maximum Gasteiger partial charge on any atom is 0.267 e. The average Bonchev–Trinajstić information content (AvgIpc) is 3.03. The van der Waals surface area contributed by atoms with Gasteiger partial charge in [-0.05, 0) is 56.2 Å². The van der Waals surface area contributed by atoms with E-state index in [1.165, 1.54) is 10.4 Å². The number of nitrogens with zero attached hydrogens (tertiary/aromatic N) is 2. The molecule has 1 atom stereocenters. The Kier molecular flexibility index (Phi) is 5.69. The van der Waals surface area contributed by atoms with Crippen LogP contribution in [0.1, 0.15) is 43.6 Å². The smallest absolute Gasteiger partial charge is 0.267 e. The Morgan fingerprint density at radius 3 is 2.86 bits per heavy atom. The van der Waals surface area contributed by atoms with Gasteiger partial charge in [0.15, 0.2) is 5.16 Å². The van der Waals surface area contributed by atoms with E-state index in [4.69, 9.17) is 4.98 Å². The molecule has 2 heterocycles. The first-order chi connectivity index (χ1) is 13.5. The molecule has 6 heteroatoms. The third-order valence-electron chi connectivity index (χ3n) is 5.22. The van der Waals surface area contributed by atoms with Crippen LogP contribution in [0.25, 0.3) is 15.9 Å².